The van der Waals surface area contributed by atoms with Gasteiger partial charge in [-0.15, -0.1) is 0 Å². The summed E-state index contributed by atoms with van der Waals surface area (Å²) in [4.78, 5) is 14.9. The molecule has 0 radical (unpaired) electrons. The van der Waals surface area contributed by atoms with Crippen LogP contribution in [-0.4, -0.2) is 44.0 Å². The van der Waals surface area contributed by atoms with Crippen LogP contribution in [0.2, 0.25) is 5.04 Å². The highest BCUT2D eigenvalue weighted by atomic mass is 28.4. The summed E-state index contributed by atoms with van der Waals surface area (Å²) in [5.41, 5.74) is 1.15. The molecule has 0 bridgehead atoms. The SMILES string of the molecule is CC(C)(C)[Si](O[C@@H]1CC[C@H]2[C@H]1OCC(=O)N2Cc1ccccc1)(c1ccccc1)c1ccccc1. The lowest BCUT2D eigenvalue weighted by molar-refractivity contribution is -0.160. The number of hydrogen-bond acceptors (Lipinski definition) is 3. The van der Waals surface area contributed by atoms with Gasteiger partial charge in [0, 0.05) is 6.54 Å². The van der Waals surface area contributed by atoms with E-state index < -0.39 is 8.32 Å². The molecule has 4 nitrogen and oxygen atoms in total. The first-order valence-corrected chi connectivity index (χ1v) is 14.5. The molecular weight excluding hydrogens is 450 g/mol. The molecule has 2 fully saturated rings. The van der Waals surface area contributed by atoms with Gasteiger partial charge in [-0.1, -0.05) is 112 Å². The molecule has 1 amide bonds. The zero-order valence-corrected chi connectivity index (χ0v) is 21.9. The average molecular weight is 486 g/mol. The summed E-state index contributed by atoms with van der Waals surface area (Å²) < 4.78 is 13.6. The van der Waals surface area contributed by atoms with E-state index in [0.717, 1.165) is 18.4 Å². The highest BCUT2D eigenvalue weighted by molar-refractivity contribution is 6.99. The van der Waals surface area contributed by atoms with Crippen molar-refractivity contribution in [1.82, 2.24) is 4.90 Å². The monoisotopic (exact) mass is 485 g/mol. The summed E-state index contributed by atoms with van der Waals surface area (Å²) in [6.45, 7) is 7.65. The topological polar surface area (TPSA) is 38.8 Å². The molecule has 0 N–H and O–H groups in total. The number of nitrogens with zero attached hydrogens (tertiary/aromatic N) is 1. The maximum atomic E-state index is 12.9. The molecule has 1 saturated carbocycles. The van der Waals surface area contributed by atoms with Gasteiger partial charge in [0.25, 0.3) is 8.32 Å². The average Bonchev–Trinajstić information content (AvgIpc) is 3.28. The minimum atomic E-state index is -2.69. The fourth-order valence-corrected chi connectivity index (χ4v) is 10.6. The van der Waals surface area contributed by atoms with E-state index in [1.807, 2.05) is 23.1 Å². The number of carbonyl (C=O) groups is 1. The Hall–Kier alpha value is -2.73. The van der Waals surface area contributed by atoms with E-state index in [1.54, 1.807) is 0 Å². The van der Waals surface area contributed by atoms with Crippen molar-refractivity contribution in [1.29, 1.82) is 0 Å². The molecule has 5 heteroatoms. The first-order valence-electron chi connectivity index (χ1n) is 12.6. The van der Waals surface area contributed by atoms with Gasteiger partial charge in [-0.3, -0.25) is 4.79 Å². The molecule has 1 saturated heterocycles. The molecule has 3 aromatic rings. The summed E-state index contributed by atoms with van der Waals surface area (Å²) in [6.07, 6.45) is 1.61. The third-order valence-corrected chi connectivity index (χ3v) is 12.6. The number of ether oxygens (including phenoxy) is 1. The molecule has 3 aromatic carbocycles. The quantitative estimate of drug-likeness (QED) is 0.482. The minimum absolute atomic E-state index is 0.0414. The normalized spacial score (nSPS) is 22.8. The van der Waals surface area contributed by atoms with Gasteiger partial charge in [0.1, 0.15) is 12.7 Å². The Bertz CT molecular complexity index is 1090. The van der Waals surface area contributed by atoms with E-state index >= 15 is 0 Å². The maximum absolute atomic E-state index is 12.9. The number of amides is 1. The van der Waals surface area contributed by atoms with Crippen LogP contribution in [0.3, 0.4) is 0 Å². The van der Waals surface area contributed by atoms with Crippen molar-refractivity contribution in [2.45, 2.75) is 63.4 Å². The predicted octanol–water partition coefficient (Wildman–Crippen LogP) is 4.52. The molecule has 5 rings (SSSR count). The first-order chi connectivity index (χ1) is 16.9. The Kier molecular flexibility index (Phi) is 6.66. The summed E-state index contributed by atoms with van der Waals surface area (Å²) >= 11 is 0. The first kappa shape index (κ1) is 24.0. The van der Waals surface area contributed by atoms with Crippen LogP contribution in [0.4, 0.5) is 0 Å². The van der Waals surface area contributed by atoms with Crippen molar-refractivity contribution in [2.24, 2.45) is 0 Å². The lowest BCUT2D eigenvalue weighted by Gasteiger charge is -2.46. The second-order valence-corrected chi connectivity index (χ2v) is 15.0. The van der Waals surface area contributed by atoms with Gasteiger partial charge in [0.2, 0.25) is 5.91 Å². The molecule has 3 atom stereocenters. The van der Waals surface area contributed by atoms with Crippen LogP contribution in [0.15, 0.2) is 91.0 Å². The van der Waals surface area contributed by atoms with Crippen LogP contribution < -0.4 is 10.4 Å². The smallest absolute Gasteiger partial charge is 0.261 e. The van der Waals surface area contributed by atoms with E-state index in [1.165, 1.54) is 10.4 Å². The molecule has 0 aromatic heterocycles. The van der Waals surface area contributed by atoms with Gasteiger partial charge in [-0.2, -0.15) is 0 Å². The van der Waals surface area contributed by atoms with Crippen molar-refractivity contribution < 1.29 is 14.0 Å². The number of rotatable bonds is 6. The van der Waals surface area contributed by atoms with E-state index in [-0.39, 0.29) is 35.8 Å². The van der Waals surface area contributed by atoms with Crippen molar-refractivity contribution in [2.75, 3.05) is 6.61 Å². The fourth-order valence-electron chi connectivity index (χ4n) is 5.93. The van der Waals surface area contributed by atoms with Gasteiger partial charge in [-0.25, -0.2) is 0 Å². The van der Waals surface area contributed by atoms with E-state index in [0.29, 0.717) is 6.54 Å². The largest absolute Gasteiger partial charge is 0.402 e. The molecule has 0 unspecified atom stereocenters. The molecular formula is C30H35NO3Si. The van der Waals surface area contributed by atoms with Crippen molar-refractivity contribution in [3.8, 4) is 0 Å². The lowest BCUT2D eigenvalue weighted by Crippen LogP contribution is -2.68. The van der Waals surface area contributed by atoms with Crippen LogP contribution >= 0.6 is 0 Å². The predicted molar refractivity (Wildman–Crippen MR) is 142 cm³/mol. The van der Waals surface area contributed by atoms with Gasteiger partial charge in [-0.05, 0) is 33.8 Å². The van der Waals surface area contributed by atoms with Crippen molar-refractivity contribution in [3.63, 3.8) is 0 Å². The molecule has 0 spiro atoms. The molecule has 1 aliphatic carbocycles. The van der Waals surface area contributed by atoms with Crippen LogP contribution in [-0.2, 0) is 20.5 Å². The summed E-state index contributed by atoms with van der Waals surface area (Å²) in [7, 11) is -2.69. The third kappa shape index (κ3) is 4.49. The summed E-state index contributed by atoms with van der Waals surface area (Å²) in [5.74, 6) is 0.0706. The van der Waals surface area contributed by atoms with Crippen LogP contribution in [0.5, 0.6) is 0 Å². The Morgan fingerprint density at radius 1 is 0.857 bits per heavy atom. The number of morpholine rings is 1. The standard InChI is InChI=1S/C30H35NO3Si/c1-30(2,3)35(24-15-9-5-10-16-24,25-17-11-6-12-18-25)34-27-20-19-26-29(27)33-22-28(32)31(26)21-23-13-7-4-8-14-23/h4-18,26-27,29H,19-22H2,1-3H3/t26-,27+,29+/m0/s1. The molecule has 182 valence electrons. The number of benzene rings is 3. The second-order valence-electron chi connectivity index (χ2n) is 10.7. The molecule has 1 aliphatic heterocycles. The summed E-state index contributed by atoms with van der Waals surface area (Å²) in [5, 5.41) is 2.45. The Morgan fingerprint density at radius 2 is 1.40 bits per heavy atom. The van der Waals surface area contributed by atoms with Gasteiger partial charge >= 0.3 is 0 Å². The minimum Gasteiger partial charge on any atom is -0.402 e. The van der Waals surface area contributed by atoms with E-state index in [9.17, 15) is 4.79 Å². The lowest BCUT2D eigenvalue weighted by atomic mass is 10.1. The maximum Gasteiger partial charge on any atom is 0.261 e. The van der Waals surface area contributed by atoms with Crippen LogP contribution in [0.25, 0.3) is 0 Å². The highest BCUT2D eigenvalue weighted by Crippen LogP contribution is 2.41. The van der Waals surface area contributed by atoms with E-state index in [4.69, 9.17) is 9.16 Å². The third-order valence-electron chi connectivity index (χ3n) is 7.55. The molecule has 1 heterocycles. The van der Waals surface area contributed by atoms with E-state index in [2.05, 4.69) is 93.6 Å². The summed E-state index contributed by atoms with van der Waals surface area (Å²) in [6, 6.07) is 31.8. The van der Waals surface area contributed by atoms with Gasteiger partial charge in [0.15, 0.2) is 0 Å². The fraction of sp³-hybridized carbons (Fsp3) is 0.367. The molecule has 2 aliphatic rings. The zero-order chi connectivity index (χ0) is 24.5. The van der Waals surface area contributed by atoms with Crippen LogP contribution in [0, 0.1) is 0 Å². The highest BCUT2D eigenvalue weighted by Gasteiger charge is 2.55. The number of carbonyl (C=O) groups excluding carboxylic acids is 1. The second kappa shape index (κ2) is 9.73. The Labute approximate surface area is 210 Å². The Morgan fingerprint density at radius 3 is 1.94 bits per heavy atom. The Balaban J connectivity index is 1.50. The zero-order valence-electron chi connectivity index (χ0n) is 20.9. The van der Waals surface area contributed by atoms with Crippen molar-refractivity contribution >= 4 is 24.6 Å². The van der Waals surface area contributed by atoms with Gasteiger partial charge < -0.3 is 14.1 Å². The number of fused-ring (bicyclic) bond motifs is 1. The van der Waals surface area contributed by atoms with Crippen LogP contribution in [0.1, 0.15) is 39.2 Å². The number of hydrogen-bond donors (Lipinski definition) is 0. The van der Waals surface area contributed by atoms with Gasteiger partial charge in [0.05, 0.1) is 12.1 Å². The van der Waals surface area contributed by atoms with Crippen molar-refractivity contribution in [3.05, 3.63) is 96.6 Å². The molecule has 35 heavy (non-hydrogen) atoms.